The van der Waals surface area contributed by atoms with Gasteiger partial charge in [-0.25, -0.2) is 9.18 Å². The van der Waals surface area contributed by atoms with Crippen molar-refractivity contribution in [2.24, 2.45) is 0 Å². The number of methoxy groups -OCH3 is 1. The van der Waals surface area contributed by atoms with E-state index in [0.717, 1.165) is 5.56 Å². The number of hydrogen-bond acceptors (Lipinski definition) is 3. The Balaban J connectivity index is 2.26. The molecule has 19 heavy (non-hydrogen) atoms. The van der Waals surface area contributed by atoms with E-state index in [2.05, 4.69) is 15.4 Å². The Morgan fingerprint density at radius 2 is 2.00 bits per heavy atom. The SMILES string of the molecule is COC(=O)CCNC(=O)N/C=C/c1ccc(F)cc1. The molecule has 0 bridgehead atoms. The lowest BCUT2D eigenvalue weighted by atomic mass is 10.2. The molecule has 2 amide bonds. The van der Waals surface area contributed by atoms with Gasteiger partial charge < -0.3 is 15.4 Å². The van der Waals surface area contributed by atoms with Crippen LogP contribution in [0.5, 0.6) is 0 Å². The topological polar surface area (TPSA) is 67.4 Å². The number of ether oxygens (including phenoxy) is 1. The fourth-order valence-electron chi connectivity index (χ4n) is 1.22. The Morgan fingerprint density at radius 1 is 1.32 bits per heavy atom. The molecule has 102 valence electrons. The average Bonchev–Trinajstić information content (AvgIpc) is 2.41. The molecule has 1 rings (SSSR count). The van der Waals surface area contributed by atoms with Gasteiger partial charge in [0.05, 0.1) is 13.5 Å². The van der Waals surface area contributed by atoms with E-state index in [1.54, 1.807) is 18.2 Å². The molecule has 0 aromatic heterocycles. The van der Waals surface area contributed by atoms with E-state index in [9.17, 15) is 14.0 Å². The summed E-state index contributed by atoms with van der Waals surface area (Å²) in [5.74, 6) is -0.701. The summed E-state index contributed by atoms with van der Waals surface area (Å²) in [6, 6.07) is 5.40. The fourth-order valence-corrected chi connectivity index (χ4v) is 1.22. The maximum Gasteiger partial charge on any atom is 0.318 e. The summed E-state index contributed by atoms with van der Waals surface area (Å²) in [5, 5.41) is 4.94. The molecule has 0 aliphatic rings. The van der Waals surface area contributed by atoms with Crippen LogP contribution in [0.1, 0.15) is 12.0 Å². The molecule has 0 spiro atoms. The number of halogens is 1. The predicted octanol–water partition coefficient (Wildman–Crippen LogP) is 1.66. The molecule has 0 unspecified atom stereocenters. The van der Waals surface area contributed by atoms with Gasteiger partial charge in [0, 0.05) is 12.7 Å². The Kier molecular flexibility index (Phi) is 6.08. The third-order valence-electron chi connectivity index (χ3n) is 2.20. The van der Waals surface area contributed by atoms with Crippen molar-refractivity contribution in [2.75, 3.05) is 13.7 Å². The second-order valence-electron chi connectivity index (χ2n) is 3.61. The highest BCUT2D eigenvalue weighted by Crippen LogP contribution is 2.03. The summed E-state index contributed by atoms with van der Waals surface area (Å²) in [6.07, 6.45) is 3.17. The maximum atomic E-state index is 12.6. The molecular weight excluding hydrogens is 251 g/mol. The molecule has 1 aromatic carbocycles. The van der Waals surface area contributed by atoms with Gasteiger partial charge in [-0.15, -0.1) is 0 Å². The van der Waals surface area contributed by atoms with E-state index in [4.69, 9.17) is 0 Å². The monoisotopic (exact) mass is 266 g/mol. The number of urea groups is 1. The van der Waals surface area contributed by atoms with Gasteiger partial charge in [-0.3, -0.25) is 4.79 Å². The van der Waals surface area contributed by atoms with Crippen LogP contribution in [0, 0.1) is 5.82 Å². The summed E-state index contributed by atoms with van der Waals surface area (Å²) in [4.78, 5) is 22.1. The van der Waals surface area contributed by atoms with E-state index >= 15 is 0 Å². The average molecular weight is 266 g/mol. The molecule has 0 atom stereocenters. The molecule has 0 radical (unpaired) electrons. The van der Waals surface area contributed by atoms with Gasteiger partial charge in [-0.05, 0) is 23.8 Å². The maximum absolute atomic E-state index is 12.6. The molecule has 0 fully saturated rings. The Labute approximate surface area is 110 Å². The smallest absolute Gasteiger partial charge is 0.318 e. The standard InChI is InChI=1S/C13H15FN2O3/c1-19-12(17)7-9-16-13(18)15-8-6-10-2-4-11(14)5-3-10/h2-6,8H,7,9H2,1H3,(H2,15,16,18)/b8-6+. The summed E-state index contributed by atoms with van der Waals surface area (Å²) < 4.78 is 17.1. The Morgan fingerprint density at radius 3 is 2.63 bits per heavy atom. The minimum atomic E-state index is -0.428. The lowest BCUT2D eigenvalue weighted by Gasteiger charge is -2.03. The molecular formula is C13H15FN2O3. The highest BCUT2D eigenvalue weighted by Gasteiger charge is 2.01. The van der Waals surface area contributed by atoms with Crippen LogP contribution >= 0.6 is 0 Å². The van der Waals surface area contributed by atoms with Gasteiger partial charge in [0.25, 0.3) is 0 Å². The zero-order chi connectivity index (χ0) is 14.1. The summed E-state index contributed by atoms with van der Waals surface area (Å²) in [5.41, 5.74) is 0.760. The van der Waals surface area contributed by atoms with Crippen LogP contribution in [0.4, 0.5) is 9.18 Å². The van der Waals surface area contributed by atoms with Crippen molar-refractivity contribution >= 4 is 18.1 Å². The van der Waals surface area contributed by atoms with E-state index in [1.807, 2.05) is 0 Å². The van der Waals surface area contributed by atoms with Crippen LogP contribution in [0.25, 0.3) is 6.08 Å². The molecule has 0 aliphatic heterocycles. The number of nitrogens with one attached hydrogen (secondary N) is 2. The first-order valence-corrected chi connectivity index (χ1v) is 5.65. The zero-order valence-electron chi connectivity index (χ0n) is 10.5. The summed E-state index contributed by atoms with van der Waals surface area (Å²) in [6.45, 7) is 0.197. The second kappa shape index (κ2) is 7.86. The largest absolute Gasteiger partial charge is 0.469 e. The molecule has 5 nitrogen and oxygen atoms in total. The minimum Gasteiger partial charge on any atom is -0.469 e. The highest BCUT2D eigenvalue weighted by molar-refractivity contribution is 5.77. The molecule has 0 saturated carbocycles. The van der Waals surface area contributed by atoms with E-state index in [1.165, 1.54) is 25.4 Å². The van der Waals surface area contributed by atoms with E-state index in [-0.39, 0.29) is 24.8 Å². The quantitative estimate of drug-likeness (QED) is 0.796. The first-order valence-electron chi connectivity index (χ1n) is 5.65. The van der Waals surface area contributed by atoms with Gasteiger partial charge in [0.1, 0.15) is 5.82 Å². The van der Waals surface area contributed by atoms with Gasteiger partial charge in [-0.2, -0.15) is 0 Å². The van der Waals surface area contributed by atoms with Gasteiger partial charge >= 0.3 is 12.0 Å². The molecule has 0 aliphatic carbocycles. The predicted molar refractivity (Wildman–Crippen MR) is 68.6 cm³/mol. The van der Waals surface area contributed by atoms with E-state index < -0.39 is 6.03 Å². The van der Waals surface area contributed by atoms with Crippen LogP contribution in [-0.4, -0.2) is 25.7 Å². The third kappa shape index (κ3) is 6.21. The van der Waals surface area contributed by atoms with Crippen LogP contribution in [0.3, 0.4) is 0 Å². The van der Waals surface area contributed by atoms with Crippen molar-refractivity contribution in [1.82, 2.24) is 10.6 Å². The number of esters is 1. The molecule has 6 heteroatoms. The number of hydrogen-bond donors (Lipinski definition) is 2. The number of amides is 2. The van der Waals surface area contributed by atoms with Crippen LogP contribution in [-0.2, 0) is 9.53 Å². The van der Waals surface area contributed by atoms with Crippen molar-refractivity contribution in [1.29, 1.82) is 0 Å². The number of carbonyl (C=O) groups excluding carboxylic acids is 2. The molecule has 0 heterocycles. The van der Waals surface area contributed by atoms with Crippen molar-refractivity contribution in [3.8, 4) is 0 Å². The van der Waals surface area contributed by atoms with Crippen molar-refractivity contribution < 1.29 is 18.7 Å². The molecule has 0 saturated heterocycles. The minimum absolute atomic E-state index is 0.117. The van der Waals surface area contributed by atoms with E-state index in [0.29, 0.717) is 0 Å². The zero-order valence-corrected chi connectivity index (χ0v) is 10.5. The van der Waals surface area contributed by atoms with Crippen LogP contribution in [0.15, 0.2) is 30.5 Å². The van der Waals surface area contributed by atoms with Crippen molar-refractivity contribution in [3.63, 3.8) is 0 Å². The van der Waals surface area contributed by atoms with Gasteiger partial charge in [0.15, 0.2) is 0 Å². The Bertz CT molecular complexity index is 457. The first-order chi connectivity index (χ1) is 9.11. The van der Waals surface area contributed by atoms with Crippen LogP contribution < -0.4 is 10.6 Å². The number of benzene rings is 1. The third-order valence-corrected chi connectivity index (χ3v) is 2.20. The first kappa shape index (κ1) is 14.7. The fraction of sp³-hybridized carbons (Fsp3) is 0.231. The summed E-state index contributed by atoms with van der Waals surface area (Å²) in [7, 11) is 1.29. The van der Waals surface area contributed by atoms with Gasteiger partial charge in [-0.1, -0.05) is 12.1 Å². The number of carbonyl (C=O) groups is 2. The highest BCUT2D eigenvalue weighted by atomic mass is 19.1. The lowest BCUT2D eigenvalue weighted by Crippen LogP contribution is -2.33. The van der Waals surface area contributed by atoms with Crippen molar-refractivity contribution in [2.45, 2.75) is 6.42 Å². The number of rotatable bonds is 5. The summed E-state index contributed by atoms with van der Waals surface area (Å²) >= 11 is 0. The molecule has 2 N–H and O–H groups in total. The molecule has 1 aromatic rings. The van der Waals surface area contributed by atoms with Crippen LogP contribution in [0.2, 0.25) is 0 Å². The Hall–Kier alpha value is -2.37. The lowest BCUT2D eigenvalue weighted by molar-refractivity contribution is -0.140. The second-order valence-corrected chi connectivity index (χ2v) is 3.61. The van der Waals surface area contributed by atoms with Gasteiger partial charge in [0.2, 0.25) is 0 Å². The normalized spacial score (nSPS) is 10.2. The van der Waals surface area contributed by atoms with Crippen molar-refractivity contribution in [3.05, 3.63) is 41.8 Å².